The topological polar surface area (TPSA) is 70.6 Å². The second-order valence-electron chi connectivity index (χ2n) is 5.06. The second kappa shape index (κ2) is 7.85. The maximum atomic E-state index is 11.9. The van der Waals surface area contributed by atoms with Gasteiger partial charge in [0.15, 0.2) is 0 Å². The molecule has 0 heterocycles. The molecule has 5 nitrogen and oxygen atoms in total. The van der Waals surface area contributed by atoms with E-state index >= 15 is 0 Å². The number of ether oxygens (including phenoxy) is 1. The smallest absolute Gasteiger partial charge is 0.319 e. The Morgan fingerprint density at radius 3 is 2.70 bits per heavy atom. The van der Waals surface area contributed by atoms with E-state index in [9.17, 15) is 9.90 Å². The van der Waals surface area contributed by atoms with Crippen LogP contribution in [0.25, 0.3) is 0 Å². The van der Waals surface area contributed by atoms with Crippen LogP contribution in [-0.4, -0.2) is 24.8 Å². The number of carbonyl (C=O) groups excluding carboxylic acids is 1. The van der Waals surface area contributed by atoms with E-state index in [2.05, 4.69) is 10.6 Å². The number of aliphatic hydroxyl groups is 1. The highest BCUT2D eigenvalue weighted by Crippen LogP contribution is 2.27. The number of aryl methyl sites for hydroxylation is 1. The Bertz CT molecular complexity index is 691. The lowest BCUT2D eigenvalue weighted by Gasteiger charge is -2.15. The number of methoxy groups -OCH3 is 1. The van der Waals surface area contributed by atoms with Crippen molar-refractivity contribution in [3.8, 4) is 5.75 Å². The Hall–Kier alpha value is -2.24. The number of nitrogens with one attached hydrogen (secondary N) is 2. The number of urea groups is 1. The van der Waals surface area contributed by atoms with Crippen LogP contribution >= 0.6 is 11.6 Å². The molecule has 2 rings (SSSR count). The molecule has 0 aliphatic rings. The Morgan fingerprint density at radius 1 is 1.30 bits per heavy atom. The first-order valence-corrected chi connectivity index (χ1v) is 7.51. The van der Waals surface area contributed by atoms with E-state index in [1.54, 1.807) is 18.2 Å². The molecule has 3 N–H and O–H groups in total. The average Bonchev–Trinajstić information content (AvgIpc) is 2.53. The van der Waals surface area contributed by atoms with Crippen LogP contribution in [0.4, 0.5) is 10.5 Å². The van der Waals surface area contributed by atoms with Gasteiger partial charge in [0, 0.05) is 12.2 Å². The van der Waals surface area contributed by atoms with Crippen molar-refractivity contribution in [3.05, 3.63) is 58.6 Å². The molecule has 0 saturated carbocycles. The van der Waals surface area contributed by atoms with Crippen LogP contribution in [0.3, 0.4) is 0 Å². The third kappa shape index (κ3) is 4.61. The van der Waals surface area contributed by atoms with Crippen LogP contribution in [0, 0.1) is 6.92 Å². The van der Waals surface area contributed by atoms with Crippen LogP contribution < -0.4 is 15.4 Å². The van der Waals surface area contributed by atoms with Crippen LogP contribution in [0.1, 0.15) is 17.2 Å². The monoisotopic (exact) mass is 334 g/mol. The Kier molecular flexibility index (Phi) is 5.84. The van der Waals surface area contributed by atoms with Crippen LogP contribution in [0.15, 0.2) is 42.5 Å². The number of halogens is 1. The molecular weight excluding hydrogens is 316 g/mol. The summed E-state index contributed by atoms with van der Waals surface area (Å²) in [6.07, 6.45) is -0.763. The van der Waals surface area contributed by atoms with Gasteiger partial charge in [-0.25, -0.2) is 4.79 Å². The predicted molar refractivity (Wildman–Crippen MR) is 91.2 cm³/mol. The van der Waals surface area contributed by atoms with Crippen LogP contribution in [0.2, 0.25) is 5.02 Å². The first-order chi connectivity index (χ1) is 11.0. The van der Waals surface area contributed by atoms with E-state index in [1.165, 1.54) is 7.11 Å². The van der Waals surface area contributed by atoms with Gasteiger partial charge in [-0.2, -0.15) is 0 Å². The van der Waals surface area contributed by atoms with Crippen molar-refractivity contribution in [2.24, 2.45) is 0 Å². The first-order valence-electron chi connectivity index (χ1n) is 7.13. The van der Waals surface area contributed by atoms with Crippen LogP contribution in [-0.2, 0) is 0 Å². The fourth-order valence-corrected chi connectivity index (χ4v) is 2.44. The molecule has 0 aliphatic heterocycles. The summed E-state index contributed by atoms with van der Waals surface area (Å²) < 4.78 is 5.05. The third-order valence-corrected chi connectivity index (χ3v) is 3.71. The number of rotatable bonds is 5. The molecule has 0 aromatic heterocycles. The SMILES string of the molecule is COc1ccc(NC(=O)NCC(O)c2ccccc2C)cc1Cl. The van der Waals surface area contributed by atoms with Gasteiger partial charge in [0.05, 0.1) is 18.2 Å². The quantitative estimate of drug-likeness (QED) is 0.783. The van der Waals surface area contributed by atoms with Crippen molar-refractivity contribution in [3.63, 3.8) is 0 Å². The van der Waals surface area contributed by atoms with E-state index < -0.39 is 12.1 Å². The number of anilines is 1. The Balaban J connectivity index is 1.90. The maximum Gasteiger partial charge on any atom is 0.319 e. The average molecular weight is 335 g/mol. The van der Waals surface area contributed by atoms with Crippen LogP contribution in [0.5, 0.6) is 5.75 Å². The highest BCUT2D eigenvalue weighted by atomic mass is 35.5. The lowest BCUT2D eigenvalue weighted by Crippen LogP contribution is -2.32. The van der Waals surface area contributed by atoms with Crippen molar-refractivity contribution < 1.29 is 14.6 Å². The number of carbonyl (C=O) groups is 1. The fraction of sp³-hybridized carbons (Fsp3) is 0.235. The van der Waals surface area contributed by atoms with Gasteiger partial charge in [0.2, 0.25) is 0 Å². The standard InChI is InChI=1S/C17H19ClN2O3/c1-11-5-3-4-6-13(11)15(21)10-19-17(22)20-12-7-8-16(23-2)14(18)9-12/h3-9,15,21H,10H2,1-2H3,(H2,19,20,22). The summed E-state index contributed by atoms with van der Waals surface area (Å²) in [4.78, 5) is 11.9. The summed E-state index contributed by atoms with van der Waals surface area (Å²) >= 11 is 6.00. The van der Waals surface area contributed by atoms with Gasteiger partial charge in [0.25, 0.3) is 0 Å². The Labute approximate surface area is 140 Å². The number of amides is 2. The lowest BCUT2D eigenvalue weighted by atomic mass is 10.0. The van der Waals surface area contributed by atoms with Gasteiger partial charge in [-0.05, 0) is 36.2 Å². The molecule has 1 atom stereocenters. The van der Waals surface area contributed by atoms with Gasteiger partial charge in [-0.3, -0.25) is 0 Å². The van der Waals surface area contributed by atoms with E-state index in [1.807, 2.05) is 31.2 Å². The molecule has 0 aliphatic carbocycles. The third-order valence-electron chi connectivity index (χ3n) is 3.41. The number of hydrogen-bond acceptors (Lipinski definition) is 3. The van der Waals surface area contributed by atoms with Crippen molar-refractivity contribution in [1.82, 2.24) is 5.32 Å². The minimum absolute atomic E-state index is 0.112. The van der Waals surface area contributed by atoms with Gasteiger partial charge in [-0.1, -0.05) is 35.9 Å². The summed E-state index contributed by atoms with van der Waals surface area (Å²) in [5.41, 5.74) is 2.31. The molecule has 0 fully saturated rings. The summed E-state index contributed by atoms with van der Waals surface area (Å²) in [5, 5.41) is 15.8. The van der Waals surface area contributed by atoms with Gasteiger partial charge < -0.3 is 20.5 Å². The van der Waals surface area contributed by atoms with Crippen molar-refractivity contribution >= 4 is 23.3 Å². The summed E-state index contributed by atoms with van der Waals surface area (Å²) in [5.74, 6) is 0.535. The Morgan fingerprint density at radius 2 is 2.04 bits per heavy atom. The molecule has 23 heavy (non-hydrogen) atoms. The summed E-state index contributed by atoms with van der Waals surface area (Å²) in [6.45, 7) is 2.03. The molecule has 2 aromatic rings. The molecule has 0 spiro atoms. The zero-order chi connectivity index (χ0) is 16.8. The van der Waals surface area contributed by atoms with Gasteiger partial charge >= 0.3 is 6.03 Å². The molecule has 6 heteroatoms. The minimum atomic E-state index is -0.763. The first kappa shape index (κ1) is 17.1. The number of aliphatic hydroxyl groups excluding tert-OH is 1. The van der Waals surface area contributed by atoms with Gasteiger partial charge in [-0.15, -0.1) is 0 Å². The number of hydrogen-bond donors (Lipinski definition) is 3. The van der Waals surface area contributed by atoms with E-state index in [0.29, 0.717) is 16.5 Å². The lowest BCUT2D eigenvalue weighted by molar-refractivity contribution is 0.174. The molecule has 0 saturated heterocycles. The molecular formula is C17H19ClN2O3. The maximum absolute atomic E-state index is 11.9. The highest BCUT2D eigenvalue weighted by Gasteiger charge is 2.12. The second-order valence-corrected chi connectivity index (χ2v) is 5.46. The van der Waals surface area contributed by atoms with E-state index in [0.717, 1.165) is 11.1 Å². The molecule has 0 radical (unpaired) electrons. The summed E-state index contributed by atoms with van der Waals surface area (Å²) in [6, 6.07) is 12.0. The highest BCUT2D eigenvalue weighted by molar-refractivity contribution is 6.32. The predicted octanol–water partition coefficient (Wildman–Crippen LogP) is 3.51. The van der Waals surface area contributed by atoms with Gasteiger partial charge in [0.1, 0.15) is 5.75 Å². The minimum Gasteiger partial charge on any atom is -0.495 e. The van der Waals surface area contributed by atoms with Crippen molar-refractivity contribution in [2.75, 3.05) is 19.0 Å². The fourth-order valence-electron chi connectivity index (χ4n) is 2.18. The number of benzene rings is 2. The van der Waals surface area contributed by atoms with E-state index in [-0.39, 0.29) is 6.54 Å². The normalized spacial score (nSPS) is 11.7. The molecule has 1 unspecified atom stereocenters. The van der Waals surface area contributed by atoms with Crippen molar-refractivity contribution in [2.45, 2.75) is 13.0 Å². The zero-order valence-corrected chi connectivity index (χ0v) is 13.7. The van der Waals surface area contributed by atoms with Crippen molar-refractivity contribution in [1.29, 1.82) is 0 Å². The summed E-state index contributed by atoms with van der Waals surface area (Å²) in [7, 11) is 1.52. The van der Waals surface area contributed by atoms with E-state index in [4.69, 9.17) is 16.3 Å². The molecule has 122 valence electrons. The zero-order valence-electron chi connectivity index (χ0n) is 13.0. The molecule has 2 amide bonds. The molecule has 0 bridgehead atoms. The molecule has 2 aromatic carbocycles. The largest absolute Gasteiger partial charge is 0.495 e.